The van der Waals surface area contributed by atoms with E-state index in [9.17, 15) is 9.90 Å². The summed E-state index contributed by atoms with van der Waals surface area (Å²) in [6, 6.07) is 5.09. The van der Waals surface area contributed by atoms with Crippen LogP contribution in [0.3, 0.4) is 0 Å². The number of piperazine rings is 1. The van der Waals surface area contributed by atoms with Gasteiger partial charge in [0.2, 0.25) is 0 Å². The molecule has 1 aromatic carbocycles. The highest BCUT2D eigenvalue weighted by atomic mass is 127. The van der Waals surface area contributed by atoms with E-state index < -0.39 is 0 Å². The van der Waals surface area contributed by atoms with E-state index >= 15 is 0 Å². The van der Waals surface area contributed by atoms with Gasteiger partial charge in [0.15, 0.2) is 0 Å². The molecule has 0 unspecified atom stereocenters. The molecule has 4 nitrogen and oxygen atoms in total. The van der Waals surface area contributed by atoms with Gasteiger partial charge in [0.1, 0.15) is 5.75 Å². The Morgan fingerprint density at radius 2 is 2.22 bits per heavy atom. The van der Waals surface area contributed by atoms with E-state index in [0.717, 1.165) is 16.7 Å². The fourth-order valence-electron chi connectivity index (χ4n) is 2.18. The number of hydrogen-bond acceptors (Lipinski definition) is 3. The lowest BCUT2D eigenvalue weighted by molar-refractivity contribution is 0.0474. The van der Waals surface area contributed by atoms with Crippen LogP contribution in [0.4, 0.5) is 0 Å². The number of amides is 1. The molecule has 0 radical (unpaired) electrons. The average Bonchev–Trinajstić information content (AvgIpc) is 2.31. The van der Waals surface area contributed by atoms with Crippen LogP contribution in [0.5, 0.6) is 5.75 Å². The zero-order chi connectivity index (χ0) is 13.3. The van der Waals surface area contributed by atoms with Crippen LogP contribution in [-0.4, -0.2) is 41.1 Å². The molecule has 0 aliphatic carbocycles. The standard InChI is InChI=1S/C13H17IN2O2/c1-13(2)8-15-5-6-16(13)12(18)10-7-9(14)3-4-11(10)17/h3-4,7,15,17H,5-6,8H2,1-2H3. The predicted octanol–water partition coefficient (Wildman–Crippen LogP) is 1.82. The number of hydrogen-bond donors (Lipinski definition) is 2. The summed E-state index contributed by atoms with van der Waals surface area (Å²) in [7, 11) is 0. The first-order valence-corrected chi connectivity index (χ1v) is 7.01. The third-order valence-electron chi connectivity index (χ3n) is 3.23. The number of phenolic OH excluding ortho intramolecular Hbond substituents is 1. The molecule has 1 aromatic rings. The first-order valence-electron chi connectivity index (χ1n) is 5.93. The summed E-state index contributed by atoms with van der Waals surface area (Å²) in [6.45, 7) is 6.28. The Morgan fingerprint density at radius 3 is 2.89 bits per heavy atom. The van der Waals surface area contributed by atoms with E-state index in [1.54, 1.807) is 18.2 Å². The first kappa shape index (κ1) is 13.6. The fraction of sp³-hybridized carbons (Fsp3) is 0.462. The number of phenols is 1. The summed E-state index contributed by atoms with van der Waals surface area (Å²) in [6.07, 6.45) is 0. The van der Waals surface area contributed by atoms with Crippen molar-refractivity contribution in [1.29, 1.82) is 0 Å². The van der Waals surface area contributed by atoms with Gasteiger partial charge in [-0.1, -0.05) is 0 Å². The van der Waals surface area contributed by atoms with Crippen molar-refractivity contribution in [2.24, 2.45) is 0 Å². The number of aromatic hydroxyl groups is 1. The zero-order valence-corrected chi connectivity index (χ0v) is 12.7. The van der Waals surface area contributed by atoms with Crippen LogP contribution in [0.15, 0.2) is 18.2 Å². The molecule has 1 aliphatic heterocycles. The molecule has 0 bridgehead atoms. The fourth-order valence-corrected chi connectivity index (χ4v) is 2.68. The van der Waals surface area contributed by atoms with Crippen molar-refractivity contribution in [1.82, 2.24) is 10.2 Å². The number of nitrogens with zero attached hydrogens (tertiary/aromatic N) is 1. The van der Waals surface area contributed by atoms with Crippen LogP contribution in [0, 0.1) is 3.57 Å². The monoisotopic (exact) mass is 360 g/mol. The van der Waals surface area contributed by atoms with Gasteiger partial charge in [-0.05, 0) is 54.6 Å². The van der Waals surface area contributed by atoms with Crippen molar-refractivity contribution in [2.75, 3.05) is 19.6 Å². The average molecular weight is 360 g/mol. The van der Waals surface area contributed by atoms with Crippen LogP contribution in [0.2, 0.25) is 0 Å². The highest BCUT2D eigenvalue weighted by Crippen LogP contribution is 2.25. The lowest BCUT2D eigenvalue weighted by Crippen LogP contribution is -2.59. The quantitative estimate of drug-likeness (QED) is 0.752. The van der Waals surface area contributed by atoms with Gasteiger partial charge in [-0.2, -0.15) is 0 Å². The Kier molecular flexibility index (Phi) is 3.82. The summed E-state index contributed by atoms with van der Waals surface area (Å²) in [5.41, 5.74) is 0.153. The maximum absolute atomic E-state index is 12.5. The second kappa shape index (κ2) is 5.05. The highest BCUT2D eigenvalue weighted by Gasteiger charge is 2.34. The Bertz CT molecular complexity index is 474. The summed E-state index contributed by atoms with van der Waals surface area (Å²) < 4.78 is 0.946. The minimum Gasteiger partial charge on any atom is -0.507 e. The largest absolute Gasteiger partial charge is 0.507 e. The molecule has 98 valence electrons. The lowest BCUT2D eigenvalue weighted by Gasteiger charge is -2.42. The van der Waals surface area contributed by atoms with Gasteiger partial charge >= 0.3 is 0 Å². The highest BCUT2D eigenvalue weighted by molar-refractivity contribution is 14.1. The maximum Gasteiger partial charge on any atom is 0.258 e. The Balaban J connectivity index is 2.33. The lowest BCUT2D eigenvalue weighted by atomic mass is 9.98. The third kappa shape index (κ3) is 2.61. The number of carbonyl (C=O) groups excluding carboxylic acids is 1. The van der Waals surface area contributed by atoms with E-state index in [4.69, 9.17) is 0 Å². The van der Waals surface area contributed by atoms with E-state index in [2.05, 4.69) is 27.9 Å². The number of carbonyl (C=O) groups is 1. The van der Waals surface area contributed by atoms with Crippen LogP contribution in [0.25, 0.3) is 0 Å². The molecule has 0 saturated carbocycles. The molecule has 1 saturated heterocycles. The zero-order valence-electron chi connectivity index (χ0n) is 10.5. The van der Waals surface area contributed by atoms with E-state index in [0.29, 0.717) is 12.1 Å². The summed E-state index contributed by atoms with van der Waals surface area (Å²) in [5.74, 6) is -0.0488. The predicted molar refractivity (Wildman–Crippen MR) is 78.8 cm³/mol. The van der Waals surface area contributed by atoms with Crippen LogP contribution in [0.1, 0.15) is 24.2 Å². The molecule has 5 heteroatoms. The molecular weight excluding hydrogens is 343 g/mol. The number of benzene rings is 1. The number of halogens is 1. The normalized spacial score (nSPS) is 18.7. The Labute approximate surface area is 121 Å². The summed E-state index contributed by atoms with van der Waals surface area (Å²) in [5, 5.41) is 13.1. The van der Waals surface area contributed by atoms with Crippen molar-refractivity contribution in [2.45, 2.75) is 19.4 Å². The molecule has 0 aromatic heterocycles. The van der Waals surface area contributed by atoms with Gasteiger partial charge in [0.25, 0.3) is 5.91 Å². The van der Waals surface area contributed by atoms with Crippen molar-refractivity contribution in [3.8, 4) is 5.75 Å². The van der Waals surface area contributed by atoms with E-state index in [1.807, 2.05) is 18.7 Å². The second-order valence-electron chi connectivity index (χ2n) is 5.11. The summed E-state index contributed by atoms with van der Waals surface area (Å²) >= 11 is 2.14. The van der Waals surface area contributed by atoms with E-state index in [1.165, 1.54) is 0 Å². The van der Waals surface area contributed by atoms with Crippen molar-refractivity contribution in [3.63, 3.8) is 0 Å². The van der Waals surface area contributed by atoms with Gasteiger partial charge in [-0.15, -0.1) is 0 Å². The molecule has 1 amide bonds. The van der Waals surface area contributed by atoms with Crippen LogP contribution >= 0.6 is 22.6 Å². The molecule has 0 spiro atoms. The topological polar surface area (TPSA) is 52.6 Å². The SMILES string of the molecule is CC1(C)CNCCN1C(=O)c1cc(I)ccc1O. The van der Waals surface area contributed by atoms with Gasteiger partial charge < -0.3 is 15.3 Å². The molecule has 0 atom stereocenters. The molecule has 2 rings (SSSR count). The molecule has 1 heterocycles. The van der Waals surface area contributed by atoms with Crippen molar-refractivity contribution >= 4 is 28.5 Å². The van der Waals surface area contributed by atoms with E-state index in [-0.39, 0.29) is 17.2 Å². The van der Waals surface area contributed by atoms with Crippen LogP contribution in [-0.2, 0) is 0 Å². The Hall–Kier alpha value is -0.820. The smallest absolute Gasteiger partial charge is 0.258 e. The van der Waals surface area contributed by atoms with Gasteiger partial charge in [-0.25, -0.2) is 0 Å². The molecule has 1 aliphatic rings. The molecule has 2 N–H and O–H groups in total. The number of nitrogens with one attached hydrogen (secondary N) is 1. The first-order chi connectivity index (χ1) is 8.42. The molecule has 1 fully saturated rings. The maximum atomic E-state index is 12.5. The van der Waals surface area contributed by atoms with Gasteiger partial charge in [-0.3, -0.25) is 4.79 Å². The second-order valence-corrected chi connectivity index (χ2v) is 6.35. The van der Waals surface area contributed by atoms with Crippen LogP contribution < -0.4 is 5.32 Å². The van der Waals surface area contributed by atoms with Gasteiger partial charge in [0, 0.05) is 23.2 Å². The third-order valence-corrected chi connectivity index (χ3v) is 3.91. The number of rotatable bonds is 1. The minimum absolute atomic E-state index is 0.0507. The Morgan fingerprint density at radius 1 is 1.50 bits per heavy atom. The van der Waals surface area contributed by atoms with Gasteiger partial charge in [0.05, 0.1) is 11.1 Å². The summed E-state index contributed by atoms with van der Waals surface area (Å²) in [4.78, 5) is 14.4. The molecular formula is C13H17IN2O2. The van der Waals surface area contributed by atoms with Crippen molar-refractivity contribution < 1.29 is 9.90 Å². The minimum atomic E-state index is -0.233. The van der Waals surface area contributed by atoms with Crippen molar-refractivity contribution in [3.05, 3.63) is 27.3 Å². The molecule has 18 heavy (non-hydrogen) atoms.